The molecule has 0 aromatic heterocycles. The molecule has 0 bridgehead atoms. The van der Waals surface area contributed by atoms with Gasteiger partial charge in [0.2, 0.25) is 0 Å². The van der Waals surface area contributed by atoms with Crippen LogP contribution in [0.5, 0.6) is 0 Å². The van der Waals surface area contributed by atoms with Crippen LogP contribution in [0.4, 0.5) is 0 Å². The summed E-state index contributed by atoms with van der Waals surface area (Å²) in [6.45, 7) is 2.21. The number of hydrogen-bond donors (Lipinski definition) is 0. The van der Waals surface area contributed by atoms with Gasteiger partial charge in [-0.3, -0.25) is 0 Å². The van der Waals surface area contributed by atoms with Crippen molar-refractivity contribution in [1.82, 2.24) is 0 Å². The van der Waals surface area contributed by atoms with Gasteiger partial charge in [-0.05, 0) is 0 Å². The Morgan fingerprint density at radius 3 is 2.86 bits per heavy atom. The first kappa shape index (κ1) is 7.00. The molecule has 0 fully saturated rings. The summed E-state index contributed by atoms with van der Waals surface area (Å²) >= 11 is 0. The molecule has 38 valence electrons. The summed E-state index contributed by atoms with van der Waals surface area (Å²) in [6.07, 6.45) is 3.86. The van der Waals surface area contributed by atoms with Crippen molar-refractivity contribution in [2.75, 3.05) is 0 Å². The number of hydrogen-bond acceptors (Lipinski definition) is 0. The van der Waals surface area contributed by atoms with Crippen molar-refractivity contribution < 1.29 is 0 Å². The van der Waals surface area contributed by atoms with Crippen LogP contribution in [0.2, 0.25) is 13.1 Å². The van der Waals surface area contributed by atoms with Crippen molar-refractivity contribution in [3.63, 3.8) is 0 Å². The van der Waals surface area contributed by atoms with E-state index in [1.54, 1.807) is 0 Å². The molecule has 0 aliphatic rings. The molecule has 0 nitrogen and oxygen atoms in total. The number of rotatable bonds is 4. The molecular weight excluding hydrogens is 81.7 g/mol. The molecule has 7 heavy (non-hydrogen) atoms. The van der Waals surface area contributed by atoms with E-state index in [2.05, 4.69) is 14.3 Å². The third-order valence-corrected chi connectivity index (χ3v) is 1.01. The van der Waals surface area contributed by atoms with Gasteiger partial charge < -0.3 is 0 Å². The predicted octanol–water partition coefficient (Wildman–Crippen LogP) is 0.372. The van der Waals surface area contributed by atoms with Crippen LogP contribution in [0.3, 0.4) is 0 Å². The maximum absolute atomic E-state index is 3.63. The Kier molecular flexibility index (Phi) is 6.00. The molecule has 0 atom stereocenters. The van der Waals surface area contributed by atoms with Gasteiger partial charge in [-0.25, -0.2) is 0 Å². The standard InChI is InChI=1S/C5H12B2/c1-7-5-3-2-4-6/h4,6-7H,2-3,5H2,1H3. The van der Waals surface area contributed by atoms with Crippen LogP contribution >= 0.6 is 0 Å². The predicted molar refractivity (Wildman–Crippen MR) is 40.3 cm³/mol. The average molecular weight is 93.8 g/mol. The van der Waals surface area contributed by atoms with Crippen molar-refractivity contribution in [3.8, 4) is 0 Å². The first-order chi connectivity index (χ1) is 3.41. The van der Waals surface area contributed by atoms with Crippen LogP contribution in [0, 0.1) is 0 Å². The van der Waals surface area contributed by atoms with E-state index >= 15 is 0 Å². The van der Waals surface area contributed by atoms with E-state index in [9.17, 15) is 0 Å². The topological polar surface area (TPSA) is 0 Å². The van der Waals surface area contributed by atoms with E-state index in [0.29, 0.717) is 0 Å². The Bertz CT molecular complexity index is 43.3. The molecule has 2 heteroatoms. The Labute approximate surface area is 47.6 Å². The van der Waals surface area contributed by atoms with Gasteiger partial charge in [0.25, 0.3) is 0 Å². The van der Waals surface area contributed by atoms with Crippen molar-refractivity contribution in [3.05, 3.63) is 0 Å². The molecule has 0 saturated heterocycles. The fraction of sp³-hybridized carbons (Fsp3) is 0.800. The minimum atomic E-state index is 1.19. The van der Waals surface area contributed by atoms with Gasteiger partial charge in [0.1, 0.15) is 0 Å². The van der Waals surface area contributed by atoms with Crippen molar-refractivity contribution in [2.45, 2.75) is 26.0 Å². The molecule has 0 N–H and O–H groups in total. The quantitative estimate of drug-likeness (QED) is 0.348. The van der Waals surface area contributed by atoms with Crippen LogP contribution in [-0.4, -0.2) is 20.7 Å². The molecule has 0 unspecified atom stereocenters. The SMILES string of the molecule is B=CCCCBC. The fourth-order valence-corrected chi connectivity index (χ4v) is 0.539. The van der Waals surface area contributed by atoms with E-state index in [-0.39, 0.29) is 0 Å². The summed E-state index contributed by atoms with van der Waals surface area (Å²) in [5.74, 6) is 1.98. The molecule has 0 aromatic carbocycles. The van der Waals surface area contributed by atoms with Gasteiger partial charge in [-0.1, -0.05) is 0 Å². The molecule has 0 saturated carbocycles. The van der Waals surface area contributed by atoms with Crippen molar-refractivity contribution in [1.29, 1.82) is 0 Å². The molecular formula is C5H12B2. The second-order valence-corrected chi connectivity index (χ2v) is 1.78. The van der Waals surface area contributed by atoms with E-state index < -0.39 is 0 Å². The minimum absolute atomic E-state index is 1.19. The molecule has 0 amide bonds. The zero-order valence-electron chi connectivity index (χ0n) is 5.11. The van der Waals surface area contributed by atoms with Crippen LogP contribution in [0.25, 0.3) is 0 Å². The Balaban J connectivity index is 2.56. The molecule has 0 heterocycles. The summed E-state index contributed by atoms with van der Waals surface area (Å²) in [4.78, 5) is 0. The molecule has 0 aliphatic heterocycles. The summed E-state index contributed by atoms with van der Waals surface area (Å²) in [6, 6.07) is 0. The average Bonchev–Trinajstić information content (AvgIpc) is 1.69. The summed E-state index contributed by atoms with van der Waals surface area (Å²) in [5.41, 5.74) is 0. The second kappa shape index (κ2) is 6.00. The van der Waals surface area contributed by atoms with Gasteiger partial charge in [-0.2, -0.15) is 0 Å². The third kappa shape index (κ3) is 6.00. The summed E-state index contributed by atoms with van der Waals surface area (Å²) < 4.78 is 0. The summed E-state index contributed by atoms with van der Waals surface area (Å²) in [7, 11) is 4.95. The normalized spacial score (nSPS) is 8.00. The van der Waals surface area contributed by atoms with Gasteiger partial charge in [0.15, 0.2) is 0 Å². The molecule has 0 spiro atoms. The van der Waals surface area contributed by atoms with Gasteiger partial charge in [0.05, 0.1) is 0 Å². The van der Waals surface area contributed by atoms with Crippen LogP contribution in [0.15, 0.2) is 0 Å². The van der Waals surface area contributed by atoms with E-state index in [1.807, 2.05) is 5.97 Å². The fourth-order valence-electron chi connectivity index (χ4n) is 0.539. The number of unbranched alkanes of at least 4 members (excludes halogenated alkanes) is 1. The monoisotopic (exact) mass is 94.1 g/mol. The van der Waals surface area contributed by atoms with E-state index in [4.69, 9.17) is 0 Å². The Morgan fingerprint density at radius 2 is 2.43 bits per heavy atom. The Morgan fingerprint density at radius 1 is 1.71 bits per heavy atom. The van der Waals surface area contributed by atoms with E-state index in [1.165, 1.54) is 26.4 Å². The molecule has 0 radical (unpaired) electrons. The van der Waals surface area contributed by atoms with Gasteiger partial charge in [0, 0.05) is 0 Å². The zero-order chi connectivity index (χ0) is 5.54. The zero-order valence-corrected chi connectivity index (χ0v) is 5.11. The van der Waals surface area contributed by atoms with E-state index in [0.717, 1.165) is 0 Å². The van der Waals surface area contributed by atoms with Crippen molar-refractivity contribution >= 4 is 20.7 Å². The van der Waals surface area contributed by atoms with Crippen LogP contribution < -0.4 is 0 Å². The van der Waals surface area contributed by atoms with Gasteiger partial charge >= 0.3 is 46.7 Å². The first-order valence-electron chi connectivity index (χ1n) is 3.02. The van der Waals surface area contributed by atoms with Gasteiger partial charge in [-0.15, -0.1) is 0 Å². The summed E-state index contributed by atoms with van der Waals surface area (Å²) in [5, 5.41) is 0. The Hall–Kier alpha value is -0.000130. The molecule has 0 aromatic rings. The van der Waals surface area contributed by atoms with Crippen molar-refractivity contribution in [2.24, 2.45) is 0 Å². The third-order valence-electron chi connectivity index (χ3n) is 1.01. The van der Waals surface area contributed by atoms with Crippen LogP contribution in [-0.2, 0) is 0 Å². The second-order valence-electron chi connectivity index (χ2n) is 1.78. The van der Waals surface area contributed by atoms with Crippen LogP contribution in [0.1, 0.15) is 12.8 Å². The molecule has 0 aliphatic carbocycles. The maximum atomic E-state index is 3.63. The molecule has 0 rings (SSSR count). The first-order valence-corrected chi connectivity index (χ1v) is 3.02.